The number of aromatic nitrogens is 1. The largest absolute Gasteiger partial charge is 0.477 e. The van der Waals surface area contributed by atoms with Crippen LogP contribution in [0.2, 0.25) is 0 Å². The summed E-state index contributed by atoms with van der Waals surface area (Å²) < 4.78 is 5.85. The third-order valence-electron chi connectivity index (χ3n) is 4.96. The number of benzene rings is 1. The van der Waals surface area contributed by atoms with Crippen molar-refractivity contribution >= 4 is 28.6 Å². The van der Waals surface area contributed by atoms with Crippen LogP contribution >= 0.6 is 0 Å². The highest BCUT2D eigenvalue weighted by atomic mass is 16.5. The predicted octanol–water partition coefficient (Wildman–Crippen LogP) is 1.47. The van der Waals surface area contributed by atoms with E-state index in [0.717, 1.165) is 49.8 Å². The Morgan fingerprint density at radius 3 is 2.84 bits per heavy atom. The molecule has 1 aliphatic rings. The molecule has 0 aliphatic carbocycles. The molecule has 0 atom stereocenters. The number of nitrogens with one attached hydrogen (secondary N) is 5. The van der Waals surface area contributed by atoms with Crippen LogP contribution in [0, 0.1) is 10.8 Å². The summed E-state index contributed by atoms with van der Waals surface area (Å²) in [5, 5.41) is 26.3. The molecule has 0 spiro atoms. The lowest BCUT2D eigenvalue weighted by molar-refractivity contribution is 0.138. The molecule has 2 aromatic rings. The maximum atomic E-state index is 8.24. The number of ether oxygens (including phenoxy) is 1. The average Bonchev–Trinajstić information content (AvgIpc) is 2.79. The van der Waals surface area contributed by atoms with Crippen LogP contribution in [0.3, 0.4) is 0 Å². The predicted molar refractivity (Wildman–Crippen MR) is 125 cm³/mol. The number of para-hydroxylation sites is 1. The minimum absolute atomic E-state index is 0.0881. The standard InChI is InChI=1S/C22H30N8O/c1-26-22(31-11-10-30-8-6-27-7-9-30)18(14-23)19(24)13-21(25)29-17-12-16-4-2-3-5-20(16)28-15-17/h2-5,12-15,23,26-27H,6-11,24H2,1H3,(H2,25,29)/b19-13-,22-18-,23-14?. The molecular formula is C22H30N8O. The van der Waals surface area contributed by atoms with E-state index in [1.165, 1.54) is 6.08 Å². The van der Waals surface area contributed by atoms with Crippen molar-refractivity contribution in [1.82, 2.24) is 20.5 Å². The first kappa shape index (κ1) is 22.3. The van der Waals surface area contributed by atoms with E-state index < -0.39 is 0 Å². The smallest absolute Gasteiger partial charge is 0.197 e. The van der Waals surface area contributed by atoms with Crippen molar-refractivity contribution in [2.75, 3.05) is 51.7 Å². The zero-order valence-corrected chi connectivity index (χ0v) is 17.7. The van der Waals surface area contributed by atoms with Gasteiger partial charge < -0.3 is 31.8 Å². The number of fused-ring (bicyclic) bond motifs is 1. The lowest BCUT2D eigenvalue weighted by Crippen LogP contribution is -2.44. The minimum atomic E-state index is 0.0881. The molecule has 1 fully saturated rings. The second-order valence-corrected chi connectivity index (χ2v) is 7.13. The van der Waals surface area contributed by atoms with Gasteiger partial charge in [0.1, 0.15) is 12.4 Å². The Balaban J connectivity index is 1.64. The van der Waals surface area contributed by atoms with Crippen LogP contribution < -0.4 is 21.7 Å². The number of allylic oxidation sites excluding steroid dienone is 1. The van der Waals surface area contributed by atoms with E-state index in [1.807, 2.05) is 30.3 Å². The molecule has 0 bridgehead atoms. The molecule has 9 heteroatoms. The summed E-state index contributed by atoms with van der Waals surface area (Å²) in [5.74, 6) is 0.504. The number of rotatable bonds is 9. The summed E-state index contributed by atoms with van der Waals surface area (Å²) in [6.45, 7) is 5.24. The van der Waals surface area contributed by atoms with E-state index in [-0.39, 0.29) is 11.5 Å². The summed E-state index contributed by atoms with van der Waals surface area (Å²) in [6, 6.07) is 9.70. The fraction of sp³-hybridized carbons (Fsp3) is 0.318. The number of nitrogens with two attached hydrogens (primary N) is 1. The molecule has 0 amide bonds. The van der Waals surface area contributed by atoms with Gasteiger partial charge in [0.25, 0.3) is 0 Å². The highest BCUT2D eigenvalue weighted by Gasteiger charge is 2.12. The molecule has 7 N–H and O–H groups in total. The molecule has 2 heterocycles. The first-order valence-electron chi connectivity index (χ1n) is 10.3. The van der Waals surface area contributed by atoms with E-state index in [2.05, 4.69) is 25.8 Å². The summed E-state index contributed by atoms with van der Waals surface area (Å²) in [7, 11) is 1.72. The zero-order valence-electron chi connectivity index (χ0n) is 17.7. The van der Waals surface area contributed by atoms with E-state index in [4.69, 9.17) is 21.3 Å². The molecule has 3 rings (SSSR count). The maximum absolute atomic E-state index is 8.24. The molecule has 0 saturated carbocycles. The molecular weight excluding hydrogens is 392 g/mol. The van der Waals surface area contributed by atoms with E-state index in [0.29, 0.717) is 23.8 Å². The second-order valence-electron chi connectivity index (χ2n) is 7.13. The first-order valence-corrected chi connectivity index (χ1v) is 10.3. The second kappa shape index (κ2) is 11.1. The summed E-state index contributed by atoms with van der Waals surface area (Å²) >= 11 is 0. The molecule has 1 aliphatic heterocycles. The van der Waals surface area contributed by atoms with Crippen molar-refractivity contribution in [2.45, 2.75) is 0 Å². The number of pyridine rings is 1. The van der Waals surface area contributed by atoms with E-state index in [1.54, 1.807) is 13.2 Å². The number of piperazine rings is 1. The monoisotopic (exact) mass is 422 g/mol. The Hall–Kier alpha value is -3.43. The van der Waals surface area contributed by atoms with Gasteiger partial charge in [0.05, 0.1) is 23.0 Å². The number of amidine groups is 1. The Labute approximate surface area is 182 Å². The van der Waals surface area contributed by atoms with Crippen LogP contribution in [0.1, 0.15) is 0 Å². The Morgan fingerprint density at radius 2 is 2.10 bits per heavy atom. The fourth-order valence-corrected chi connectivity index (χ4v) is 3.34. The highest BCUT2D eigenvalue weighted by Crippen LogP contribution is 2.16. The van der Waals surface area contributed by atoms with Crippen molar-refractivity contribution in [3.63, 3.8) is 0 Å². The average molecular weight is 423 g/mol. The molecule has 9 nitrogen and oxygen atoms in total. The number of hydrogen-bond acceptors (Lipinski definition) is 8. The van der Waals surface area contributed by atoms with Crippen molar-refractivity contribution in [3.05, 3.63) is 59.8 Å². The van der Waals surface area contributed by atoms with Gasteiger partial charge in [0.15, 0.2) is 5.88 Å². The van der Waals surface area contributed by atoms with Gasteiger partial charge in [0, 0.05) is 63.1 Å². The van der Waals surface area contributed by atoms with E-state index in [9.17, 15) is 0 Å². The molecule has 164 valence electrons. The maximum Gasteiger partial charge on any atom is 0.197 e. The fourth-order valence-electron chi connectivity index (χ4n) is 3.34. The van der Waals surface area contributed by atoms with Gasteiger partial charge >= 0.3 is 0 Å². The van der Waals surface area contributed by atoms with Gasteiger partial charge in [-0.1, -0.05) is 18.2 Å². The Morgan fingerprint density at radius 1 is 1.32 bits per heavy atom. The minimum Gasteiger partial charge on any atom is -0.477 e. The van der Waals surface area contributed by atoms with Gasteiger partial charge in [-0.2, -0.15) is 0 Å². The van der Waals surface area contributed by atoms with Gasteiger partial charge in [-0.15, -0.1) is 0 Å². The van der Waals surface area contributed by atoms with Gasteiger partial charge in [-0.05, 0) is 12.1 Å². The van der Waals surface area contributed by atoms with Crippen molar-refractivity contribution < 1.29 is 4.74 Å². The lowest BCUT2D eigenvalue weighted by Gasteiger charge is -2.27. The van der Waals surface area contributed by atoms with Gasteiger partial charge in [-0.25, -0.2) is 0 Å². The quantitative estimate of drug-likeness (QED) is 0.156. The number of anilines is 1. The summed E-state index contributed by atoms with van der Waals surface area (Å²) in [5.41, 5.74) is 8.41. The Kier molecular flexibility index (Phi) is 7.97. The third kappa shape index (κ3) is 6.27. The van der Waals surface area contributed by atoms with Crippen LogP contribution in [0.15, 0.2) is 59.8 Å². The lowest BCUT2D eigenvalue weighted by atomic mass is 10.2. The SMILES string of the molecule is CN/C(OCCN1CCNCC1)=C(C=N)/C(N)=C/C(=N)Nc1cnc2ccccc2c1. The summed E-state index contributed by atoms with van der Waals surface area (Å²) in [4.78, 5) is 6.71. The molecule has 0 unspecified atom stereocenters. The van der Waals surface area contributed by atoms with E-state index >= 15 is 0 Å². The highest BCUT2D eigenvalue weighted by molar-refractivity contribution is 6.04. The normalized spacial score (nSPS) is 15.8. The van der Waals surface area contributed by atoms with Crippen molar-refractivity contribution in [2.24, 2.45) is 5.73 Å². The first-order chi connectivity index (χ1) is 15.1. The molecule has 31 heavy (non-hydrogen) atoms. The number of nitrogens with zero attached hydrogens (tertiary/aromatic N) is 2. The summed E-state index contributed by atoms with van der Waals surface area (Å²) in [6.07, 6.45) is 4.27. The van der Waals surface area contributed by atoms with Crippen LogP contribution in [0.25, 0.3) is 10.9 Å². The third-order valence-corrected chi connectivity index (χ3v) is 4.96. The molecule has 1 aromatic heterocycles. The molecule has 1 saturated heterocycles. The van der Waals surface area contributed by atoms with Crippen LogP contribution in [-0.2, 0) is 4.74 Å². The van der Waals surface area contributed by atoms with Crippen LogP contribution in [0.4, 0.5) is 5.69 Å². The van der Waals surface area contributed by atoms with Crippen LogP contribution in [-0.4, -0.2) is 68.3 Å². The molecule has 0 radical (unpaired) electrons. The van der Waals surface area contributed by atoms with Crippen molar-refractivity contribution in [1.29, 1.82) is 10.8 Å². The van der Waals surface area contributed by atoms with Crippen molar-refractivity contribution in [3.8, 4) is 0 Å². The topological polar surface area (TPSA) is 135 Å². The number of hydrogen-bond donors (Lipinski definition) is 6. The zero-order chi connectivity index (χ0) is 22.1. The van der Waals surface area contributed by atoms with Gasteiger partial charge in [0.2, 0.25) is 0 Å². The Bertz CT molecular complexity index is 978. The molecule has 1 aromatic carbocycles. The van der Waals surface area contributed by atoms with Crippen LogP contribution in [0.5, 0.6) is 0 Å². The van der Waals surface area contributed by atoms with Gasteiger partial charge in [-0.3, -0.25) is 15.3 Å².